The van der Waals surface area contributed by atoms with E-state index < -0.39 is 5.97 Å². The fourth-order valence-electron chi connectivity index (χ4n) is 1.51. The molecule has 3 N–H and O–H groups in total. The first kappa shape index (κ1) is 11.0. The third kappa shape index (κ3) is 1.92. The molecule has 0 spiro atoms. The molecule has 1 aromatic carbocycles. The molecule has 0 aliphatic carbocycles. The zero-order valence-corrected chi connectivity index (χ0v) is 8.97. The van der Waals surface area contributed by atoms with Crippen LogP contribution in [0.5, 0.6) is 11.5 Å². The summed E-state index contributed by atoms with van der Waals surface area (Å²) in [5, 5.41) is 24.8. The number of H-pyrrole nitrogens is 1. The fourth-order valence-corrected chi connectivity index (χ4v) is 1.51. The molecule has 1 heterocycles. The monoisotopic (exact) mass is 234 g/mol. The van der Waals surface area contributed by atoms with Gasteiger partial charge < -0.3 is 14.9 Å². The lowest BCUT2D eigenvalue weighted by molar-refractivity contribution is 0.0698. The van der Waals surface area contributed by atoms with E-state index in [1.54, 1.807) is 12.1 Å². The molecule has 0 saturated heterocycles. The Morgan fingerprint density at radius 3 is 2.82 bits per heavy atom. The molecule has 6 nitrogen and oxygen atoms in total. The Morgan fingerprint density at radius 1 is 1.47 bits per heavy atom. The Labute approximate surface area is 96.5 Å². The van der Waals surface area contributed by atoms with Crippen LogP contribution in [0.3, 0.4) is 0 Å². The fraction of sp³-hybridized carbons (Fsp3) is 0.0909. The first-order valence-corrected chi connectivity index (χ1v) is 4.77. The molecule has 88 valence electrons. The van der Waals surface area contributed by atoms with Crippen LogP contribution in [-0.4, -0.2) is 33.5 Å². The third-order valence-corrected chi connectivity index (χ3v) is 2.34. The lowest BCUT2D eigenvalue weighted by Gasteiger charge is -2.05. The first-order valence-electron chi connectivity index (χ1n) is 4.77. The summed E-state index contributed by atoms with van der Waals surface area (Å²) in [6.07, 6.45) is 1.22. The zero-order chi connectivity index (χ0) is 12.4. The van der Waals surface area contributed by atoms with Crippen LogP contribution in [0.4, 0.5) is 0 Å². The van der Waals surface area contributed by atoms with E-state index in [1.165, 1.54) is 19.4 Å². The van der Waals surface area contributed by atoms with E-state index in [9.17, 15) is 9.90 Å². The van der Waals surface area contributed by atoms with Gasteiger partial charge in [-0.05, 0) is 18.2 Å². The molecule has 0 atom stereocenters. The molecule has 0 aliphatic rings. The molecule has 0 aliphatic heterocycles. The van der Waals surface area contributed by atoms with E-state index >= 15 is 0 Å². The summed E-state index contributed by atoms with van der Waals surface area (Å²) in [5.74, 6) is -0.815. The number of rotatable bonds is 3. The highest BCUT2D eigenvalue weighted by Gasteiger charge is 2.15. The van der Waals surface area contributed by atoms with Crippen LogP contribution in [0.1, 0.15) is 10.4 Å². The molecule has 2 rings (SSSR count). The van der Waals surface area contributed by atoms with Crippen molar-refractivity contribution in [2.45, 2.75) is 0 Å². The normalized spacial score (nSPS) is 10.2. The van der Waals surface area contributed by atoms with Crippen molar-refractivity contribution in [3.63, 3.8) is 0 Å². The van der Waals surface area contributed by atoms with Crippen molar-refractivity contribution in [2.75, 3.05) is 7.11 Å². The summed E-state index contributed by atoms with van der Waals surface area (Å²) in [6, 6.07) is 4.61. The van der Waals surface area contributed by atoms with Gasteiger partial charge in [0.05, 0.1) is 19.0 Å². The first-order chi connectivity index (χ1) is 8.13. The Hall–Kier alpha value is -2.50. The number of phenolic OH excluding ortho intramolecular Hbond substituents is 1. The van der Waals surface area contributed by atoms with Crippen molar-refractivity contribution in [1.29, 1.82) is 0 Å². The van der Waals surface area contributed by atoms with Gasteiger partial charge in [-0.25, -0.2) is 4.79 Å². The van der Waals surface area contributed by atoms with Gasteiger partial charge in [-0.2, -0.15) is 5.10 Å². The highest BCUT2D eigenvalue weighted by molar-refractivity contribution is 5.94. The highest BCUT2D eigenvalue weighted by Crippen LogP contribution is 2.31. The number of carboxylic acids is 1. The minimum Gasteiger partial charge on any atom is -0.504 e. The minimum atomic E-state index is -1.08. The average Bonchev–Trinajstić information content (AvgIpc) is 2.77. The summed E-state index contributed by atoms with van der Waals surface area (Å²) >= 11 is 0. The predicted molar refractivity (Wildman–Crippen MR) is 59.2 cm³/mol. The van der Waals surface area contributed by atoms with E-state index in [2.05, 4.69) is 10.2 Å². The van der Waals surface area contributed by atoms with Crippen LogP contribution >= 0.6 is 0 Å². The number of nitrogens with one attached hydrogen (secondary N) is 1. The third-order valence-electron chi connectivity index (χ3n) is 2.34. The molecule has 17 heavy (non-hydrogen) atoms. The van der Waals surface area contributed by atoms with Crippen molar-refractivity contribution in [3.05, 3.63) is 30.0 Å². The molecular formula is C11H10N2O4. The maximum Gasteiger partial charge on any atom is 0.339 e. The van der Waals surface area contributed by atoms with E-state index in [-0.39, 0.29) is 11.3 Å². The molecule has 0 saturated carbocycles. The number of aromatic nitrogens is 2. The number of hydrogen-bond donors (Lipinski definition) is 3. The number of benzene rings is 1. The number of aromatic carboxylic acids is 1. The second-order valence-corrected chi connectivity index (χ2v) is 3.35. The Bertz CT molecular complexity index is 562. The quantitative estimate of drug-likeness (QED) is 0.747. The maximum absolute atomic E-state index is 10.9. The van der Waals surface area contributed by atoms with E-state index in [4.69, 9.17) is 9.84 Å². The number of ether oxygens (including phenoxy) is 1. The molecule has 6 heteroatoms. The molecular weight excluding hydrogens is 224 g/mol. The second kappa shape index (κ2) is 4.17. The smallest absolute Gasteiger partial charge is 0.339 e. The number of carboxylic acid groups (broad SMARTS) is 1. The van der Waals surface area contributed by atoms with Gasteiger partial charge >= 0.3 is 5.97 Å². The molecule has 0 fully saturated rings. The Balaban J connectivity index is 2.50. The van der Waals surface area contributed by atoms with Crippen molar-refractivity contribution >= 4 is 5.97 Å². The standard InChI is InChI=1S/C11H10N2O4/c1-17-9-3-2-6(4-8(9)14)10-7(11(15)16)5-12-13-10/h2-5,14H,1H3,(H,12,13)(H,15,16). The molecule has 1 aromatic heterocycles. The van der Waals surface area contributed by atoms with E-state index in [0.717, 1.165) is 0 Å². The number of aromatic amines is 1. The Morgan fingerprint density at radius 2 is 2.24 bits per heavy atom. The summed E-state index contributed by atoms with van der Waals surface area (Å²) in [4.78, 5) is 10.9. The average molecular weight is 234 g/mol. The highest BCUT2D eigenvalue weighted by atomic mass is 16.5. The molecule has 0 radical (unpaired) electrons. The topological polar surface area (TPSA) is 95.4 Å². The van der Waals surface area contributed by atoms with Crippen molar-refractivity contribution in [3.8, 4) is 22.8 Å². The number of nitrogens with zero attached hydrogens (tertiary/aromatic N) is 1. The van der Waals surface area contributed by atoms with Gasteiger partial charge in [0, 0.05) is 5.56 Å². The van der Waals surface area contributed by atoms with Crippen LogP contribution < -0.4 is 4.74 Å². The summed E-state index contributed by atoms with van der Waals surface area (Å²) in [5.41, 5.74) is 0.920. The molecule has 2 aromatic rings. The SMILES string of the molecule is COc1ccc(-c2[nH]ncc2C(=O)O)cc1O. The largest absolute Gasteiger partial charge is 0.504 e. The van der Waals surface area contributed by atoms with E-state index in [0.29, 0.717) is 17.0 Å². The van der Waals surface area contributed by atoms with Gasteiger partial charge in [-0.15, -0.1) is 0 Å². The van der Waals surface area contributed by atoms with Crippen LogP contribution in [0, 0.1) is 0 Å². The van der Waals surface area contributed by atoms with Gasteiger partial charge in [0.25, 0.3) is 0 Å². The van der Waals surface area contributed by atoms with Gasteiger partial charge in [0.2, 0.25) is 0 Å². The minimum absolute atomic E-state index is 0.0505. The number of methoxy groups -OCH3 is 1. The Kier molecular flexibility index (Phi) is 2.70. The van der Waals surface area contributed by atoms with Crippen LogP contribution in [0.25, 0.3) is 11.3 Å². The number of aromatic hydroxyl groups is 1. The number of carbonyl (C=O) groups is 1. The van der Waals surface area contributed by atoms with Crippen molar-refractivity contribution in [2.24, 2.45) is 0 Å². The van der Waals surface area contributed by atoms with Crippen LogP contribution in [0.2, 0.25) is 0 Å². The summed E-state index contributed by atoms with van der Waals surface area (Å²) in [6.45, 7) is 0. The molecule has 0 amide bonds. The zero-order valence-electron chi connectivity index (χ0n) is 8.97. The van der Waals surface area contributed by atoms with Crippen molar-refractivity contribution < 1.29 is 19.7 Å². The van der Waals surface area contributed by atoms with Crippen molar-refractivity contribution in [1.82, 2.24) is 10.2 Å². The lowest BCUT2D eigenvalue weighted by Crippen LogP contribution is -1.96. The summed E-state index contributed by atoms with van der Waals surface area (Å²) in [7, 11) is 1.44. The predicted octanol–water partition coefficient (Wildman–Crippen LogP) is 1.49. The lowest BCUT2D eigenvalue weighted by atomic mass is 10.1. The molecule has 0 bridgehead atoms. The van der Waals surface area contributed by atoms with E-state index in [1.807, 2.05) is 0 Å². The second-order valence-electron chi connectivity index (χ2n) is 3.35. The van der Waals surface area contributed by atoms with Crippen LogP contribution in [0.15, 0.2) is 24.4 Å². The van der Waals surface area contributed by atoms with Gasteiger partial charge in [-0.3, -0.25) is 5.10 Å². The van der Waals surface area contributed by atoms with Gasteiger partial charge in [0.1, 0.15) is 5.56 Å². The van der Waals surface area contributed by atoms with Gasteiger partial charge in [-0.1, -0.05) is 0 Å². The van der Waals surface area contributed by atoms with Crippen LogP contribution in [-0.2, 0) is 0 Å². The van der Waals surface area contributed by atoms with Gasteiger partial charge in [0.15, 0.2) is 11.5 Å². The molecule has 0 unspecified atom stereocenters. The summed E-state index contributed by atoms with van der Waals surface area (Å²) < 4.78 is 4.90. The number of phenols is 1. The maximum atomic E-state index is 10.9. The number of hydrogen-bond acceptors (Lipinski definition) is 4.